The number of rotatable bonds is 14. The van der Waals surface area contributed by atoms with Gasteiger partial charge in [0.2, 0.25) is 0 Å². The molecule has 0 amide bonds. The van der Waals surface area contributed by atoms with E-state index in [4.69, 9.17) is 0 Å². The average Bonchev–Trinajstić information content (AvgIpc) is 2.95. The molecule has 0 aromatic heterocycles. The molecule has 0 saturated heterocycles. The zero-order chi connectivity index (χ0) is 52.5. The first-order valence-electron chi connectivity index (χ1n) is 12.8. The zero-order valence-corrected chi connectivity index (χ0v) is 29.3. The van der Waals surface area contributed by atoms with Crippen molar-refractivity contribution in [3.05, 3.63) is 0 Å². The Kier molecular flexibility index (Phi) is 14.6. The third kappa shape index (κ3) is 7.99. The average molecular weight is 1100 g/mol. The van der Waals surface area contributed by atoms with Crippen molar-refractivity contribution in [3.8, 4) is 0 Å². The first-order valence-corrected chi connectivity index (χ1v) is 17.9. The molecule has 1 radical (unpaired) electrons. The molecule has 0 aromatic carbocycles. The SMILES string of the molecule is FC(F)(F)C(F)(F)C(F)(F)C(F)(F)C(F)(F)[Si](O[Si](C(F)(F)C(F)(F)F)(C(F)(F)C(F)(F)F)C(F)(F)C(F)(F)F)O[Si](C(F)(F)C(F)(F)F)(C(F)(F)C(F)(F)F)C(F)(F)C(F)(F)F. The summed E-state index contributed by atoms with van der Waals surface area (Å²) in [4.78, 5) is 0. The van der Waals surface area contributed by atoms with Crippen molar-refractivity contribution in [2.24, 2.45) is 0 Å². The van der Waals surface area contributed by atoms with E-state index < -0.39 is 126 Å². The lowest BCUT2D eigenvalue weighted by molar-refractivity contribution is -0.415. The first kappa shape index (κ1) is 60.7. The summed E-state index contributed by atoms with van der Waals surface area (Å²) in [5, 5.41) is 0. The van der Waals surface area contributed by atoms with Crippen LogP contribution in [0.15, 0.2) is 0 Å². The molecule has 0 unspecified atom stereocenters. The molecule has 0 aliphatic rings. The van der Waals surface area contributed by atoms with Gasteiger partial charge in [0.15, 0.2) is 0 Å². The van der Waals surface area contributed by atoms with Crippen LogP contribution in [0.5, 0.6) is 0 Å². The maximum atomic E-state index is 15.2. The number of hydrogen-bond acceptors (Lipinski definition) is 2. The maximum Gasteiger partial charge on any atom is 0.460 e. The van der Waals surface area contributed by atoms with E-state index in [1.165, 1.54) is 0 Å². The first-order chi connectivity index (χ1) is 26.3. The minimum Gasteiger partial charge on any atom is -0.418 e. The second kappa shape index (κ2) is 15.1. The van der Waals surface area contributed by atoms with Crippen molar-refractivity contribution in [1.29, 1.82) is 0 Å². The number of hydrogen-bond donors (Lipinski definition) is 0. The van der Waals surface area contributed by atoms with Gasteiger partial charge < -0.3 is 8.23 Å². The van der Waals surface area contributed by atoms with Gasteiger partial charge in [-0.3, -0.25) is 0 Å². The molecule has 0 aromatic rings. The van der Waals surface area contributed by atoms with Gasteiger partial charge in [-0.1, -0.05) is 0 Å². The summed E-state index contributed by atoms with van der Waals surface area (Å²) < 4.78 is 568. The molecule has 2 nitrogen and oxygen atoms in total. The van der Waals surface area contributed by atoms with Crippen LogP contribution in [-0.4, -0.2) is 126 Å². The molecule has 0 aliphatic heterocycles. The van der Waals surface area contributed by atoms with Crippen LogP contribution < -0.4 is 0 Å². The van der Waals surface area contributed by atoms with Crippen molar-refractivity contribution in [2.45, 2.75) is 99.8 Å². The van der Waals surface area contributed by atoms with Crippen LogP contribution in [0.3, 0.4) is 0 Å². The smallest absolute Gasteiger partial charge is 0.418 e. The van der Waals surface area contributed by atoms with Crippen molar-refractivity contribution in [2.75, 3.05) is 0 Å². The van der Waals surface area contributed by atoms with Crippen LogP contribution in [0.25, 0.3) is 0 Å². The van der Waals surface area contributed by atoms with Gasteiger partial charge in [0.1, 0.15) is 0 Å². The molecule has 0 rings (SSSR count). The van der Waals surface area contributed by atoms with E-state index >= 15 is 8.78 Å². The molecule has 0 bridgehead atoms. The third-order valence-electron chi connectivity index (χ3n) is 7.08. The van der Waals surface area contributed by atoms with Gasteiger partial charge in [0, 0.05) is 0 Å². The summed E-state index contributed by atoms with van der Waals surface area (Å²) in [6.45, 7) is 0. The van der Waals surface area contributed by atoms with E-state index in [1.807, 2.05) is 0 Å². The van der Waals surface area contributed by atoms with E-state index in [-0.39, 0.29) is 0 Å². The molecule has 0 aliphatic carbocycles. The molecule has 0 spiro atoms. The Labute approximate surface area is 315 Å². The fourth-order valence-electron chi connectivity index (χ4n) is 3.89. The fourth-order valence-corrected chi connectivity index (χ4v) is 15.9. The van der Waals surface area contributed by atoms with Gasteiger partial charge in [-0.25, -0.2) is 0 Å². The van der Waals surface area contributed by atoms with Gasteiger partial charge in [-0.2, -0.15) is 180 Å². The summed E-state index contributed by atoms with van der Waals surface area (Å²) in [5.41, 5.74) is -73.4. The Bertz CT molecular complexity index is 1390. The molecule has 63 heavy (non-hydrogen) atoms. The fraction of sp³-hybridized carbons (Fsp3) is 1.00. The highest BCUT2D eigenvalue weighted by molar-refractivity contribution is 6.90. The molecule has 46 heteroatoms. The lowest BCUT2D eigenvalue weighted by Gasteiger charge is -2.51. The zero-order valence-electron chi connectivity index (χ0n) is 26.3. The Hall–Kier alpha value is -2.30. The summed E-state index contributed by atoms with van der Waals surface area (Å²) in [6, 6.07) is 0. The Morgan fingerprint density at radius 1 is 0.206 bits per heavy atom. The second-order valence-corrected chi connectivity index (χ2v) is 20.4. The highest BCUT2D eigenvalue weighted by Gasteiger charge is 3.05. The summed E-state index contributed by atoms with van der Waals surface area (Å²) >= 11 is 0. The Morgan fingerprint density at radius 3 is 0.492 bits per heavy atom. The number of halogens is 41. The normalized spacial score (nSPS) is 17.2. The third-order valence-corrected chi connectivity index (χ3v) is 18.8. The van der Waals surface area contributed by atoms with Gasteiger partial charge in [-0.05, 0) is 0 Å². The van der Waals surface area contributed by atoms with Crippen LogP contribution in [0, 0.1) is 0 Å². The molecule has 0 heterocycles. The minimum atomic E-state index is -13.7. The van der Waals surface area contributed by atoms with Gasteiger partial charge in [-0.15, -0.1) is 0 Å². The topological polar surface area (TPSA) is 18.5 Å². The van der Waals surface area contributed by atoms with Crippen LogP contribution in [-0.2, 0) is 8.23 Å². The van der Waals surface area contributed by atoms with Gasteiger partial charge in [0.05, 0.1) is 0 Å². The van der Waals surface area contributed by atoms with Gasteiger partial charge >= 0.3 is 126 Å². The predicted octanol–water partition coefficient (Wildman–Crippen LogP) is 12.5. The van der Waals surface area contributed by atoms with E-state index in [9.17, 15) is 171 Å². The van der Waals surface area contributed by atoms with E-state index in [0.29, 0.717) is 0 Å². The maximum absolute atomic E-state index is 15.2. The van der Waals surface area contributed by atoms with Crippen molar-refractivity contribution in [1.82, 2.24) is 0 Å². The summed E-state index contributed by atoms with van der Waals surface area (Å²) in [6.07, 6.45) is -67.1. The van der Waals surface area contributed by atoms with Crippen LogP contribution in [0.4, 0.5) is 180 Å². The van der Waals surface area contributed by atoms with Crippen molar-refractivity contribution < 1.29 is 188 Å². The van der Waals surface area contributed by atoms with E-state index in [0.717, 1.165) is 8.23 Å². The Morgan fingerprint density at radius 2 is 0.365 bits per heavy atom. The standard InChI is InChI=1S/C17F41O2Si3/c18-1(19,2(20,21)4(24,25)26)3(22,23)11(45,46)61(59-62(12(47,48)5(27,28)29,13(49,50)6(30,31)32)14(51,52)7(33,34)35)60-63(15(53,54)8(36,37)38,16(55,56)9(39,40)41)17(57,58)10(42,43)44. The molecule has 0 atom stereocenters. The second-order valence-electron chi connectivity index (χ2n) is 11.1. The van der Waals surface area contributed by atoms with Crippen molar-refractivity contribution >= 4 is 25.9 Å². The van der Waals surface area contributed by atoms with Crippen LogP contribution in [0.2, 0.25) is 0 Å². The van der Waals surface area contributed by atoms with Crippen LogP contribution in [0.1, 0.15) is 0 Å². The monoisotopic (exact) mass is 1100 g/mol. The molecule has 0 fully saturated rings. The molecular weight excluding hydrogens is 1100 g/mol. The minimum absolute atomic E-state index is 0.788. The summed E-state index contributed by atoms with van der Waals surface area (Å²) in [5.74, 6) is -30.2. The molecule has 0 N–H and O–H groups in total. The van der Waals surface area contributed by atoms with Crippen LogP contribution >= 0.6 is 0 Å². The molecule has 379 valence electrons. The quantitative estimate of drug-likeness (QED) is 0.127. The number of alkyl halides is 41. The lowest BCUT2D eigenvalue weighted by Crippen LogP contribution is -2.90. The van der Waals surface area contributed by atoms with E-state index in [2.05, 4.69) is 0 Å². The largest absolute Gasteiger partial charge is 0.460 e. The highest BCUT2D eigenvalue weighted by atomic mass is 28.4. The summed E-state index contributed by atoms with van der Waals surface area (Å²) in [7, 11) is -38.8. The van der Waals surface area contributed by atoms with E-state index in [1.54, 1.807) is 0 Å². The van der Waals surface area contributed by atoms with Crippen molar-refractivity contribution in [3.63, 3.8) is 0 Å². The highest BCUT2D eigenvalue weighted by Crippen LogP contribution is 2.67. The van der Waals surface area contributed by atoms with Gasteiger partial charge in [0.25, 0.3) is 0 Å². The molecular formula is C17F41O2Si3. The lowest BCUT2D eigenvalue weighted by atomic mass is 10.0. The Balaban J connectivity index is 10.6. The predicted molar refractivity (Wildman–Crippen MR) is 111 cm³/mol. The molecule has 0 saturated carbocycles.